The number of benzene rings is 1. The standard InChI is InChI=1S/C16H20FNO2/c1-4-8-18-15(16-11(2)7-9-20-16)13-6-5-12(19-3)10-14(13)17/h5-7,9-10,15,18H,4,8H2,1-3H3. The van der Waals surface area contributed by atoms with E-state index >= 15 is 0 Å². The van der Waals surface area contributed by atoms with Crippen molar-refractivity contribution in [1.29, 1.82) is 0 Å². The Balaban J connectivity index is 2.38. The number of methoxy groups -OCH3 is 1. The number of furan rings is 1. The molecule has 108 valence electrons. The minimum absolute atomic E-state index is 0.282. The molecule has 4 heteroatoms. The quantitative estimate of drug-likeness (QED) is 0.871. The van der Waals surface area contributed by atoms with Gasteiger partial charge in [-0.1, -0.05) is 13.0 Å². The molecule has 1 aromatic heterocycles. The van der Waals surface area contributed by atoms with Crippen LogP contribution in [0.2, 0.25) is 0 Å². The van der Waals surface area contributed by atoms with Gasteiger partial charge in [-0.2, -0.15) is 0 Å². The van der Waals surface area contributed by atoms with Crippen LogP contribution in [0.15, 0.2) is 34.9 Å². The van der Waals surface area contributed by atoms with Gasteiger partial charge in [0.25, 0.3) is 0 Å². The van der Waals surface area contributed by atoms with Crippen LogP contribution in [0.25, 0.3) is 0 Å². The van der Waals surface area contributed by atoms with Gasteiger partial charge in [-0.25, -0.2) is 4.39 Å². The molecule has 20 heavy (non-hydrogen) atoms. The van der Waals surface area contributed by atoms with Crippen molar-refractivity contribution in [3.8, 4) is 5.75 Å². The molecule has 0 saturated carbocycles. The Morgan fingerprint density at radius 1 is 1.35 bits per heavy atom. The average molecular weight is 277 g/mol. The molecule has 1 unspecified atom stereocenters. The molecule has 0 spiro atoms. The third-order valence-electron chi connectivity index (χ3n) is 3.28. The number of halogens is 1. The lowest BCUT2D eigenvalue weighted by atomic mass is 10.0. The predicted octanol–water partition coefficient (Wildman–Crippen LogP) is 3.82. The van der Waals surface area contributed by atoms with Crippen molar-refractivity contribution in [2.45, 2.75) is 26.3 Å². The van der Waals surface area contributed by atoms with Crippen LogP contribution in [-0.4, -0.2) is 13.7 Å². The normalized spacial score (nSPS) is 12.4. The smallest absolute Gasteiger partial charge is 0.132 e. The maximum atomic E-state index is 14.3. The van der Waals surface area contributed by atoms with Crippen LogP contribution in [0.4, 0.5) is 4.39 Å². The monoisotopic (exact) mass is 277 g/mol. The van der Waals surface area contributed by atoms with Crippen molar-refractivity contribution in [2.75, 3.05) is 13.7 Å². The van der Waals surface area contributed by atoms with Gasteiger partial charge in [-0.15, -0.1) is 0 Å². The van der Waals surface area contributed by atoms with Gasteiger partial charge in [0.05, 0.1) is 19.4 Å². The molecule has 0 radical (unpaired) electrons. The summed E-state index contributed by atoms with van der Waals surface area (Å²) in [7, 11) is 1.53. The molecule has 0 fully saturated rings. The summed E-state index contributed by atoms with van der Waals surface area (Å²) in [5.74, 6) is 0.966. The molecule has 2 aromatic rings. The van der Waals surface area contributed by atoms with E-state index in [1.807, 2.05) is 13.0 Å². The van der Waals surface area contributed by atoms with Gasteiger partial charge in [0.15, 0.2) is 0 Å². The lowest BCUT2D eigenvalue weighted by Crippen LogP contribution is -2.24. The molecule has 0 amide bonds. The third-order valence-corrected chi connectivity index (χ3v) is 3.28. The van der Waals surface area contributed by atoms with E-state index in [4.69, 9.17) is 9.15 Å². The Morgan fingerprint density at radius 2 is 2.15 bits per heavy atom. The highest BCUT2D eigenvalue weighted by Gasteiger charge is 2.22. The molecule has 1 heterocycles. The Hall–Kier alpha value is -1.81. The van der Waals surface area contributed by atoms with Crippen LogP contribution in [0.1, 0.15) is 36.3 Å². The van der Waals surface area contributed by atoms with E-state index in [1.54, 1.807) is 18.4 Å². The second-order valence-corrected chi connectivity index (χ2v) is 4.74. The number of rotatable bonds is 6. The van der Waals surface area contributed by atoms with Crippen LogP contribution < -0.4 is 10.1 Å². The molecule has 0 aliphatic carbocycles. The number of aryl methyl sites for hydroxylation is 1. The fourth-order valence-electron chi connectivity index (χ4n) is 2.18. The van der Waals surface area contributed by atoms with Gasteiger partial charge in [-0.3, -0.25) is 0 Å². The topological polar surface area (TPSA) is 34.4 Å². The fourth-order valence-corrected chi connectivity index (χ4v) is 2.18. The molecular formula is C16H20FNO2. The van der Waals surface area contributed by atoms with Crippen LogP contribution >= 0.6 is 0 Å². The van der Waals surface area contributed by atoms with E-state index in [2.05, 4.69) is 12.2 Å². The van der Waals surface area contributed by atoms with Crippen molar-refractivity contribution in [1.82, 2.24) is 5.32 Å². The van der Waals surface area contributed by atoms with Gasteiger partial charge < -0.3 is 14.5 Å². The molecule has 3 nitrogen and oxygen atoms in total. The summed E-state index contributed by atoms with van der Waals surface area (Å²) in [4.78, 5) is 0. The Kier molecular flexibility index (Phi) is 4.79. The first-order chi connectivity index (χ1) is 9.67. The van der Waals surface area contributed by atoms with Crippen molar-refractivity contribution in [3.63, 3.8) is 0 Å². The summed E-state index contributed by atoms with van der Waals surface area (Å²) < 4.78 is 24.8. The summed E-state index contributed by atoms with van der Waals surface area (Å²) >= 11 is 0. The van der Waals surface area contributed by atoms with Crippen molar-refractivity contribution >= 4 is 0 Å². The Bertz CT molecular complexity index is 565. The van der Waals surface area contributed by atoms with Gasteiger partial charge in [-0.05, 0) is 37.6 Å². The van der Waals surface area contributed by atoms with Crippen LogP contribution in [0, 0.1) is 12.7 Å². The number of hydrogen-bond donors (Lipinski definition) is 1. The fraction of sp³-hybridized carbons (Fsp3) is 0.375. The summed E-state index contributed by atoms with van der Waals surface area (Å²) in [6.07, 6.45) is 2.60. The van der Waals surface area contributed by atoms with E-state index in [0.717, 1.165) is 24.3 Å². The maximum absolute atomic E-state index is 14.3. The van der Waals surface area contributed by atoms with E-state index in [0.29, 0.717) is 11.3 Å². The first kappa shape index (κ1) is 14.6. The highest BCUT2D eigenvalue weighted by Crippen LogP contribution is 2.29. The van der Waals surface area contributed by atoms with Gasteiger partial charge in [0.1, 0.15) is 17.3 Å². The molecule has 1 aromatic carbocycles. The van der Waals surface area contributed by atoms with Crippen molar-refractivity contribution < 1.29 is 13.5 Å². The second-order valence-electron chi connectivity index (χ2n) is 4.74. The highest BCUT2D eigenvalue weighted by atomic mass is 19.1. The molecule has 0 bridgehead atoms. The maximum Gasteiger partial charge on any atom is 0.132 e. The van der Waals surface area contributed by atoms with Crippen molar-refractivity contribution in [3.05, 3.63) is 53.2 Å². The van der Waals surface area contributed by atoms with E-state index in [-0.39, 0.29) is 11.9 Å². The minimum Gasteiger partial charge on any atom is -0.497 e. The zero-order chi connectivity index (χ0) is 14.5. The summed E-state index contributed by atoms with van der Waals surface area (Å²) in [5, 5.41) is 3.33. The molecule has 1 atom stereocenters. The molecule has 0 aliphatic heterocycles. The summed E-state index contributed by atoms with van der Waals surface area (Å²) in [6.45, 7) is 4.82. The van der Waals surface area contributed by atoms with Gasteiger partial charge in [0.2, 0.25) is 0 Å². The predicted molar refractivity (Wildman–Crippen MR) is 76.5 cm³/mol. The van der Waals surface area contributed by atoms with Crippen LogP contribution in [0.3, 0.4) is 0 Å². The lowest BCUT2D eigenvalue weighted by molar-refractivity contribution is 0.406. The molecule has 1 N–H and O–H groups in total. The average Bonchev–Trinajstić information content (AvgIpc) is 2.87. The number of nitrogens with one attached hydrogen (secondary N) is 1. The second kappa shape index (κ2) is 6.57. The van der Waals surface area contributed by atoms with E-state index in [9.17, 15) is 4.39 Å². The summed E-state index contributed by atoms with van der Waals surface area (Å²) in [5.41, 5.74) is 1.58. The lowest BCUT2D eigenvalue weighted by Gasteiger charge is -2.19. The van der Waals surface area contributed by atoms with Gasteiger partial charge >= 0.3 is 0 Å². The molecule has 0 aliphatic rings. The largest absolute Gasteiger partial charge is 0.497 e. The van der Waals surface area contributed by atoms with Crippen LogP contribution in [-0.2, 0) is 0 Å². The Morgan fingerprint density at radius 3 is 2.70 bits per heavy atom. The van der Waals surface area contributed by atoms with Gasteiger partial charge in [0, 0.05) is 11.6 Å². The number of hydrogen-bond acceptors (Lipinski definition) is 3. The molecule has 0 saturated heterocycles. The minimum atomic E-state index is -0.297. The molecule has 2 rings (SSSR count). The van der Waals surface area contributed by atoms with E-state index < -0.39 is 0 Å². The first-order valence-electron chi connectivity index (χ1n) is 6.78. The van der Waals surface area contributed by atoms with Crippen LogP contribution in [0.5, 0.6) is 5.75 Å². The van der Waals surface area contributed by atoms with E-state index in [1.165, 1.54) is 13.2 Å². The van der Waals surface area contributed by atoms with Crippen molar-refractivity contribution in [2.24, 2.45) is 0 Å². The zero-order valence-corrected chi connectivity index (χ0v) is 12.1. The first-order valence-corrected chi connectivity index (χ1v) is 6.78. The highest BCUT2D eigenvalue weighted by molar-refractivity contribution is 5.36. The summed E-state index contributed by atoms with van der Waals surface area (Å²) in [6, 6.07) is 6.50. The SMILES string of the molecule is CCCNC(c1ccc(OC)cc1F)c1occc1C. The number of ether oxygens (including phenoxy) is 1. The Labute approximate surface area is 118 Å². The third kappa shape index (κ3) is 3.02. The zero-order valence-electron chi connectivity index (χ0n) is 12.1. The molecular weight excluding hydrogens is 257 g/mol.